The topological polar surface area (TPSA) is 62.2 Å². The average Bonchev–Trinajstić information content (AvgIpc) is 2.96. The van der Waals surface area contributed by atoms with Gasteiger partial charge in [-0.2, -0.15) is 5.10 Å². The molecule has 28 heavy (non-hydrogen) atoms. The summed E-state index contributed by atoms with van der Waals surface area (Å²) in [5.74, 6) is 0.146. The molecule has 2 aromatic rings. The van der Waals surface area contributed by atoms with Crippen LogP contribution < -0.4 is 10.6 Å². The summed E-state index contributed by atoms with van der Waals surface area (Å²) in [5, 5.41) is 11.3. The van der Waals surface area contributed by atoms with E-state index in [9.17, 15) is 4.79 Å². The van der Waals surface area contributed by atoms with Crippen molar-refractivity contribution >= 4 is 5.91 Å². The van der Waals surface area contributed by atoms with Gasteiger partial charge >= 0.3 is 0 Å². The van der Waals surface area contributed by atoms with Gasteiger partial charge in [0.2, 0.25) is 5.91 Å². The molecule has 2 N–H and O–H groups in total. The van der Waals surface area contributed by atoms with Gasteiger partial charge < -0.3 is 10.6 Å². The number of nitrogens with one attached hydrogen (secondary N) is 2. The molecule has 1 aromatic carbocycles. The van der Waals surface area contributed by atoms with E-state index in [-0.39, 0.29) is 11.9 Å². The van der Waals surface area contributed by atoms with Crippen molar-refractivity contribution in [3.8, 4) is 0 Å². The monoisotopic (exact) mass is 381 g/mol. The molecule has 1 atom stereocenters. The van der Waals surface area contributed by atoms with Crippen molar-refractivity contribution < 1.29 is 4.79 Å². The molecule has 0 bridgehead atoms. The molecule has 1 aromatic heterocycles. The normalized spacial score (nSPS) is 20.4. The number of hydrogen-bond acceptors (Lipinski definition) is 4. The van der Waals surface area contributed by atoms with Crippen LogP contribution in [0.4, 0.5) is 0 Å². The smallest absolute Gasteiger partial charge is 0.220 e. The fraction of sp³-hybridized carbons (Fsp3) is 0.545. The lowest BCUT2D eigenvalue weighted by Gasteiger charge is -2.33. The maximum Gasteiger partial charge on any atom is 0.220 e. The van der Waals surface area contributed by atoms with Gasteiger partial charge in [0.1, 0.15) is 0 Å². The zero-order valence-corrected chi connectivity index (χ0v) is 16.6. The second-order valence-corrected chi connectivity index (χ2v) is 8.01. The Balaban J connectivity index is 1.23. The van der Waals surface area contributed by atoms with E-state index >= 15 is 0 Å². The van der Waals surface area contributed by atoms with E-state index in [0.29, 0.717) is 12.8 Å². The van der Waals surface area contributed by atoms with Crippen molar-refractivity contribution in [2.45, 2.75) is 57.8 Å². The Kier molecular flexibility index (Phi) is 6.39. The molecule has 0 unspecified atom stereocenters. The average molecular weight is 382 g/mol. The van der Waals surface area contributed by atoms with E-state index in [0.717, 1.165) is 64.2 Å². The van der Waals surface area contributed by atoms with Gasteiger partial charge in [-0.25, -0.2) is 0 Å². The summed E-state index contributed by atoms with van der Waals surface area (Å²) in [6.45, 7) is 5.89. The van der Waals surface area contributed by atoms with Gasteiger partial charge in [-0.05, 0) is 44.0 Å². The molecular formula is C22H31N5O. The Morgan fingerprint density at radius 3 is 3.00 bits per heavy atom. The van der Waals surface area contributed by atoms with E-state index in [1.165, 1.54) is 11.3 Å². The largest absolute Gasteiger partial charge is 0.352 e. The number of aromatic nitrogens is 2. The van der Waals surface area contributed by atoms with Crippen molar-refractivity contribution in [2.75, 3.05) is 19.6 Å². The molecule has 3 heterocycles. The summed E-state index contributed by atoms with van der Waals surface area (Å²) in [4.78, 5) is 14.9. The number of amides is 1. The third-order valence-corrected chi connectivity index (χ3v) is 5.67. The lowest BCUT2D eigenvalue weighted by Crippen LogP contribution is -2.47. The standard InChI is InChI=1S/C22H31N5O/c28-22(10-9-19-14-21-15-23-11-5-13-27(21)25-19)24-20-8-4-12-26(17-20)16-18-6-2-1-3-7-18/h1-3,6-7,14,20,23H,4-5,8-13,15-17H2,(H,24,28)/t20-/m0/s1. The first-order chi connectivity index (χ1) is 13.8. The minimum Gasteiger partial charge on any atom is -0.352 e. The van der Waals surface area contributed by atoms with Gasteiger partial charge in [0, 0.05) is 45.1 Å². The van der Waals surface area contributed by atoms with Gasteiger partial charge in [-0.15, -0.1) is 0 Å². The van der Waals surface area contributed by atoms with Crippen molar-refractivity contribution in [1.82, 2.24) is 25.3 Å². The molecule has 0 spiro atoms. The number of benzene rings is 1. The van der Waals surface area contributed by atoms with Gasteiger partial charge in [-0.3, -0.25) is 14.4 Å². The van der Waals surface area contributed by atoms with Crippen LogP contribution in [0.1, 0.15) is 42.6 Å². The van der Waals surface area contributed by atoms with Crippen LogP contribution in [0.2, 0.25) is 0 Å². The molecule has 0 radical (unpaired) electrons. The number of rotatable bonds is 6. The molecule has 4 rings (SSSR count). The first-order valence-corrected chi connectivity index (χ1v) is 10.6. The number of likely N-dealkylation sites (tertiary alicyclic amines) is 1. The molecular weight excluding hydrogens is 350 g/mol. The Morgan fingerprint density at radius 2 is 2.11 bits per heavy atom. The van der Waals surface area contributed by atoms with Crippen LogP contribution in [0.5, 0.6) is 0 Å². The van der Waals surface area contributed by atoms with Gasteiger partial charge in [0.05, 0.1) is 11.4 Å². The molecule has 1 amide bonds. The highest BCUT2D eigenvalue weighted by atomic mass is 16.1. The maximum absolute atomic E-state index is 12.5. The van der Waals surface area contributed by atoms with E-state index in [1.54, 1.807) is 0 Å². The highest BCUT2D eigenvalue weighted by Crippen LogP contribution is 2.14. The number of fused-ring (bicyclic) bond motifs is 1. The fourth-order valence-electron chi connectivity index (χ4n) is 4.24. The summed E-state index contributed by atoms with van der Waals surface area (Å²) >= 11 is 0. The fourth-order valence-corrected chi connectivity index (χ4v) is 4.24. The van der Waals surface area contributed by atoms with E-state index in [4.69, 9.17) is 0 Å². The lowest BCUT2D eigenvalue weighted by atomic mass is 10.0. The summed E-state index contributed by atoms with van der Waals surface area (Å²) in [5.41, 5.74) is 3.60. The van der Waals surface area contributed by atoms with E-state index < -0.39 is 0 Å². The number of carbonyl (C=O) groups is 1. The van der Waals surface area contributed by atoms with Crippen molar-refractivity contribution in [1.29, 1.82) is 0 Å². The second kappa shape index (κ2) is 9.34. The number of carbonyl (C=O) groups excluding carboxylic acids is 1. The van der Waals surface area contributed by atoms with Crippen LogP contribution in [0.15, 0.2) is 36.4 Å². The predicted molar refractivity (Wildman–Crippen MR) is 110 cm³/mol. The molecule has 1 fully saturated rings. The molecule has 6 heteroatoms. The lowest BCUT2D eigenvalue weighted by molar-refractivity contribution is -0.122. The summed E-state index contributed by atoms with van der Waals surface area (Å²) in [6.07, 6.45) is 4.54. The molecule has 0 aliphatic carbocycles. The van der Waals surface area contributed by atoms with Gasteiger partial charge in [0.25, 0.3) is 0 Å². The number of nitrogens with zero attached hydrogens (tertiary/aromatic N) is 3. The predicted octanol–water partition coefficient (Wildman–Crippen LogP) is 2.09. The molecule has 1 saturated heterocycles. The van der Waals surface area contributed by atoms with Crippen LogP contribution in [0.3, 0.4) is 0 Å². The molecule has 2 aliphatic heterocycles. The third-order valence-electron chi connectivity index (χ3n) is 5.67. The highest BCUT2D eigenvalue weighted by molar-refractivity contribution is 5.76. The Hall–Kier alpha value is -2.18. The summed E-state index contributed by atoms with van der Waals surface area (Å²) in [6, 6.07) is 13.0. The van der Waals surface area contributed by atoms with E-state index in [2.05, 4.69) is 61.7 Å². The van der Waals surface area contributed by atoms with Crippen LogP contribution in [-0.2, 0) is 30.8 Å². The second-order valence-electron chi connectivity index (χ2n) is 8.01. The highest BCUT2D eigenvalue weighted by Gasteiger charge is 2.21. The van der Waals surface area contributed by atoms with Crippen LogP contribution in [-0.4, -0.2) is 46.3 Å². The minimum absolute atomic E-state index is 0.146. The molecule has 6 nitrogen and oxygen atoms in total. The van der Waals surface area contributed by atoms with Gasteiger partial charge in [0.15, 0.2) is 0 Å². The summed E-state index contributed by atoms with van der Waals surface area (Å²) < 4.78 is 2.09. The quantitative estimate of drug-likeness (QED) is 0.804. The summed E-state index contributed by atoms with van der Waals surface area (Å²) in [7, 11) is 0. The number of hydrogen-bond donors (Lipinski definition) is 2. The van der Waals surface area contributed by atoms with Gasteiger partial charge in [-0.1, -0.05) is 30.3 Å². The number of aryl methyl sites for hydroxylation is 2. The third kappa shape index (κ3) is 5.20. The zero-order valence-electron chi connectivity index (χ0n) is 16.6. The first kappa shape index (κ1) is 19.2. The zero-order chi connectivity index (χ0) is 19.2. The maximum atomic E-state index is 12.5. The van der Waals surface area contributed by atoms with Crippen molar-refractivity contribution in [3.63, 3.8) is 0 Å². The van der Waals surface area contributed by atoms with E-state index in [1.807, 2.05) is 0 Å². The molecule has 2 aliphatic rings. The van der Waals surface area contributed by atoms with Crippen LogP contribution in [0, 0.1) is 0 Å². The van der Waals surface area contributed by atoms with Crippen molar-refractivity contribution in [3.05, 3.63) is 53.3 Å². The Morgan fingerprint density at radius 1 is 1.21 bits per heavy atom. The number of piperidine rings is 1. The Bertz CT molecular complexity index is 749. The Labute approximate surface area is 167 Å². The minimum atomic E-state index is 0.146. The molecule has 150 valence electrons. The van der Waals surface area contributed by atoms with Crippen LogP contribution >= 0.6 is 0 Å². The SMILES string of the molecule is O=C(CCc1cc2n(n1)CCCNC2)N[C@H]1CCCN(Cc2ccccc2)C1. The van der Waals surface area contributed by atoms with Crippen LogP contribution in [0.25, 0.3) is 0 Å². The van der Waals surface area contributed by atoms with Crippen molar-refractivity contribution in [2.24, 2.45) is 0 Å². The first-order valence-electron chi connectivity index (χ1n) is 10.6. The molecule has 0 saturated carbocycles.